The summed E-state index contributed by atoms with van der Waals surface area (Å²) < 4.78 is 13.9. The van der Waals surface area contributed by atoms with Crippen LogP contribution in [0.2, 0.25) is 0 Å². The first-order chi connectivity index (χ1) is 10.6. The van der Waals surface area contributed by atoms with E-state index >= 15 is 0 Å². The molecule has 1 aliphatic heterocycles. The largest absolute Gasteiger partial charge is 0.507 e. The fourth-order valence-corrected chi connectivity index (χ4v) is 2.44. The number of nitrogens with one attached hydrogen (secondary N) is 1. The van der Waals surface area contributed by atoms with Crippen LogP contribution in [0, 0.1) is 5.82 Å². The lowest BCUT2D eigenvalue weighted by molar-refractivity contribution is -0.113. The quantitative estimate of drug-likeness (QED) is 0.661. The van der Waals surface area contributed by atoms with E-state index in [0.717, 1.165) is 4.90 Å². The van der Waals surface area contributed by atoms with Gasteiger partial charge < -0.3 is 10.4 Å². The summed E-state index contributed by atoms with van der Waals surface area (Å²) in [4.78, 5) is 13.5. The lowest BCUT2D eigenvalue weighted by Gasteiger charge is -2.14. The van der Waals surface area contributed by atoms with E-state index in [2.05, 4.69) is 5.32 Å². The van der Waals surface area contributed by atoms with Gasteiger partial charge in [0.15, 0.2) is 5.11 Å². The molecule has 6 heteroatoms. The lowest BCUT2D eigenvalue weighted by atomic mass is 10.1. The summed E-state index contributed by atoms with van der Waals surface area (Å²) in [5, 5.41) is 12.6. The number of carbonyl (C=O) groups excluding carboxylic acids is 1. The van der Waals surface area contributed by atoms with Crippen LogP contribution >= 0.6 is 12.2 Å². The molecule has 4 nitrogen and oxygen atoms in total. The molecule has 1 aliphatic rings. The van der Waals surface area contributed by atoms with Crippen LogP contribution in [0.5, 0.6) is 5.75 Å². The summed E-state index contributed by atoms with van der Waals surface area (Å²) in [6.07, 6.45) is 1.48. The maximum Gasteiger partial charge on any atom is 0.281 e. The fourth-order valence-electron chi connectivity index (χ4n) is 2.15. The van der Waals surface area contributed by atoms with Gasteiger partial charge in [0.1, 0.15) is 17.3 Å². The predicted octanol–water partition coefficient (Wildman–Crippen LogP) is 2.79. The second-order valence-electron chi connectivity index (χ2n) is 4.64. The van der Waals surface area contributed by atoms with E-state index in [1.165, 1.54) is 30.3 Å². The molecule has 2 N–H and O–H groups in total. The minimum atomic E-state index is -0.538. The number of hydrogen-bond donors (Lipinski definition) is 2. The van der Waals surface area contributed by atoms with Crippen LogP contribution in [0.3, 0.4) is 0 Å². The van der Waals surface area contributed by atoms with Crippen molar-refractivity contribution in [1.29, 1.82) is 0 Å². The fraction of sp³-hybridized carbons (Fsp3) is 0. The smallest absolute Gasteiger partial charge is 0.281 e. The average Bonchev–Trinajstić information content (AvgIpc) is 2.77. The zero-order valence-corrected chi connectivity index (χ0v) is 12.1. The van der Waals surface area contributed by atoms with E-state index in [1.807, 2.05) is 0 Å². The van der Waals surface area contributed by atoms with E-state index in [9.17, 15) is 14.3 Å². The molecular weight excluding hydrogens is 303 g/mol. The number of phenolic OH excluding ortho intramolecular Hbond substituents is 1. The zero-order chi connectivity index (χ0) is 15.7. The van der Waals surface area contributed by atoms with Crippen molar-refractivity contribution >= 4 is 35.0 Å². The number of carbonyl (C=O) groups is 1. The number of hydrogen-bond acceptors (Lipinski definition) is 3. The van der Waals surface area contributed by atoms with Crippen molar-refractivity contribution in [3.8, 4) is 5.75 Å². The molecule has 0 saturated carbocycles. The van der Waals surface area contributed by atoms with E-state index in [-0.39, 0.29) is 22.2 Å². The second kappa shape index (κ2) is 5.57. The Morgan fingerprint density at radius 2 is 1.82 bits per heavy atom. The van der Waals surface area contributed by atoms with Gasteiger partial charge in [-0.1, -0.05) is 30.3 Å². The SMILES string of the molecule is O=C1/C(=C\c2ccccc2O)NC(=S)N1c1ccccc1F. The second-order valence-corrected chi connectivity index (χ2v) is 5.03. The van der Waals surface area contributed by atoms with Gasteiger partial charge in [0, 0.05) is 5.56 Å². The van der Waals surface area contributed by atoms with Crippen molar-refractivity contribution in [2.75, 3.05) is 4.90 Å². The molecule has 0 bridgehead atoms. The van der Waals surface area contributed by atoms with E-state index in [4.69, 9.17) is 12.2 Å². The molecule has 0 aliphatic carbocycles. The number of amides is 1. The van der Waals surface area contributed by atoms with Crippen LogP contribution in [0.1, 0.15) is 5.56 Å². The zero-order valence-electron chi connectivity index (χ0n) is 11.3. The van der Waals surface area contributed by atoms with Gasteiger partial charge in [0.05, 0.1) is 5.69 Å². The molecule has 2 aromatic carbocycles. The molecule has 1 heterocycles. The number of aromatic hydroxyl groups is 1. The topological polar surface area (TPSA) is 52.6 Å². The number of benzene rings is 2. The number of anilines is 1. The van der Waals surface area contributed by atoms with Gasteiger partial charge >= 0.3 is 0 Å². The average molecular weight is 314 g/mol. The molecular formula is C16H11FN2O2S. The molecule has 0 atom stereocenters. The Morgan fingerprint density at radius 1 is 1.14 bits per heavy atom. The number of thiocarbonyl (C=S) groups is 1. The third-order valence-electron chi connectivity index (χ3n) is 3.21. The molecule has 1 fully saturated rings. The Balaban J connectivity index is 1.99. The number of nitrogens with zero attached hydrogens (tertiary/aromatic N) is 1. The Bertz CT molecular complexity index is 804. The molecule has 0 spiro atoms. The third kappa shape index (κ3) is 2.44. The standard InChI is InChI=1S/C16H11FN2O2S/c17-11-6-2-3-7-13(11)19-15(21)12(18-16(19)22)9-10-5-1-4-8-14(10)20/h1-9,20H,(H,18,22)/b12-9+. The minimum absolute atomic E-state index is 0.0415. The highest BCUT2D eigenvalue weighted by atomic mass is 32.1. The van der Waals surface area contributed by atoms with Crippen molar-refractivity contribution in [2.45, 2.75) is 0 Å². The van der Waals surface area contributed by atoms with Crippen LogP contribution in [-0.4, -0.2) is 16.1 Å². The molecule has 1 amide bonds. The van der Waals surface area contributed by atoms with Crippen LogP contribution in [0.15, 0.2) is 54.2 Å². The summed E-state index contributed by atoms with van der Waals surface area (Å²) in [5.41, 5.74) is 0.733. The van der Waals surface area contributed by atoms with Gasteiger partial charge in [-0.15, -0.1) is 0 Å². The number of halogens is 1. The van der Waals surface area contributed by atoms with Crippen LogP contribution in [0.4, 0.5) is 10.1 Å². The predicted molar refractivity (Wildman–Crippen MR) is 85.7 cm³/mol. The summed E-state index contributed by atoms with van der Waals surface area (Å²) >= 11 is 5.11. The van der Waals surface area contributed by atoms with E-state index in [0.29, 0.717) is 5.56 Å². The monoisotopic (exact) mass is 314 g/mol. The Morgan fingerprint density at radius 3 is 2.55 bits per heavy atom. The first-order valence-electron chi connectivity index (χ1n) is 6.47. The highest BCUT2D eigenvalue weighted by molar-refractivity contribution is 7.80. The Kier molecular flexibility index (Phi) is 3.60. The maximum atomic E-state index is 13.9. The van der Waals surface area contributed by atoms with Gasteiger partial charge in [-0.25, -0.2) is 9.29 Å². The van der Waals surface area contributed by atoms with Gasteiger partial charge in [-0.2, -0.15) is 0 Å². The minimum Gasteiger partial charge on any atom is -0.507 e. The summed E-state index contributed by atoms with van der Waals surface area (Å²) in [6, 6.07) is 12.5. The van der Waals surface area contributed by atoms with Gasteiger partial charge in [-0.05, 0) is 36.5 Å². The Labute approximate surface area is 131 Å². The van der Waals surface area contributed by atoms with Crippen LogP contribution < -0.4 is 10.2 Å². The van der Waals surface area contributed by atoms with Gasteiger partial charge in [-0.3, -0.25) is 4.79 Å². The molecule has 3 rings (SSSR count). The molecule has 1 saturated heterocycles. The molecule has 110 valence electrons. The van der Waals surface area contributed by atoms with Crippen molar-refractivity contribution in [3.05, 3.63) is 65.6 Å². The first kappa shape index (κ1) is 14.2. The highest BCUT2D eigenvalue weighted by Crippen LogP contribution is 2.26. The van der Waals surface area contributed by atoms with Gasteiger partial charge in [0.25, 0.3) is 5.91 Å². The van der Waals surface area contributed by atoms with Crippen molar-refractivity contribution in [3.63, 3.8) is 0 Å². The maximum absolute atomic E-state index is 13.9. The van der Waals surface area contributed by atoms with Gasteiger partial charge in [0.2, 0.25) is 0 Å². The molecule has 0 unspecified atom stereocenters. The highest BCUT2D eigenvalue weighted by Gasteiger charge is 2.33. The molecule has 0 aromatic heterocycles. The number of para-hydroxylation sites is 2. The van der Waals surface area contributed by atoms with Crippen molar-refractivity contribution in [1.82, 2.24) is 5.32 Å². The summed E-state index contributed by atoms with van der Waals surface area (Å²) in [5.74, 6) is -0.970. The molecule has 2 aromatic rings. The van der Waals surface area contributed by atoms with E-state index < -0.39 is 11.7 Å². The van der Waals surface area contributed by atoms with Crippen molar-refractivity contribution in [2.24, 2.45) is 0 Å². The third-order valence-corrected chi connectivity index (χ3v) is 3.49. The van der Waals surface area contributed by atoms with Crippen LogP contribution in [0.25, 0.3) is 6.08 Å². The summed E-state index contributed by atoms with van der Waals surface area (Å²) in [6.45, 7) is 0. The number of rotatable bonds is 2. The van der Waals surface area contributed by atoms with E-state index in [1.54, 1.807) is 24.3 Å². The molecule has 22 heavy (non-hydrogen) atoms. The lowest BCUT2D eigenvalue weighted by Crippen LogP contribution is -2.31. The van der Waals surface area contributed by atoms with Crippen molar-refractivity contribution < 1.29 is 14.3 Å². The first-order valence-corrected chi connectivity index (χ1v) is 6.88. The summed E-state index contributed by atoms with van der Waals surface area (Å²) in [7, 11) is 0. The number of phenols is 1. The molecule has 0 radical (unpaired) electrons. The normalized spacial score (nSPS) is 16.2. The Hall–Kier alpha value is -2.73. The van der Waals surface area contributed by atoms with Crippen LogP contribution in [-0.2, 0) is 4.79 Å².